The second kappa shape index (κ2) is 7.19. The van der Waals surface area contributed by atoms with Crippen molar-refractivity contribution in [3.63, 3.8) is 0 Å². The first-order chi connectivity index (χ1) is 13.6. The minimum Gasteiger partial charge on any atom is -0.497 e. The molecule has 0 bridgehead atoms. The quantitative estimate of drug-likeness (QED) is 0.527. The molecule has 7 nitrogen and oxygen atoms in total. The summed E-state index contributed by atoms with van der Waals surface area (Å²) in [6.07, 6.45) is 1.69. The van der Waals surface area contributed by atoms with E-state index >= 15 is 0 Å². The number of nitrogens with zero attached hydrogens (tertiary/aromatic N) is 1. The number of nitrogens with one attached hydrogen (secondary N) is 2. The van der Waals surface area contributed by atoms with Crippen LogP contribution < -0.4 is 15.0 Å². The van der Waals surface area contributed by atoms with Gasteiger partial charge in [0.15, 0.2) is 0 Å². The lowest BCUT2D eigenvalue weighted by Crippen LogP contribution is -2.40. The van der Waals surface area contributed by atoms with Gasteiger partial charge in [-0.05, 0) is 30.3 Å². The molecule has 1 aliphatic rings. The number of hydrogen-bond acceptors (Lipinski definition) is 4. The number of methoxy groups -OCH3 is 1. The predicted molar refractivity (Wildman–Crippen MR) is 105 cm³/mol. The summed E-state index contributed by atoms with van der Waals surface area (Å²) >= 11 is 0. The highest BCUT2D eigenvalue weighted by molar-refractivity contribution is 6.45. The van der Waals surface area contributed by atoms with E-state index < -0.39 is 17.7 Å². The largest absolute Gasteiger partial charge is 0.497 e. The molecule has 2 amide bonds. The Morgan fingerprint density at radius 2 is 1.89 bits per heavy atom. The van der Waals surface area contributed by atoms with Gasteiger partial charge in [-0.1, -0.05) is 18.2 Å². The molecule has 1 aromatic heterocycles. The lowest BCUT2D eigenvalue weighted by molar-refractivity contribution is -0.118. The van der Waals surface area contributed by atoms with E-state index in [9.17, 15) is 14.4 Å². The fourth-order valence-electron chi connectivity index (χ4n) is 3.45. The Kier molecular flexibility index (Phi) is 4.57. The number of carbonyl (C=O) groups is 3. The topological polar surface area (TPSA) is 91.5 Å². The molecule has 7 heteroatoms. The van der Waals surface area contributed by atoms with Crippen LogP contribution in [0.1, 0.15) is 16.8 Å². The van der Waals surface area contributed by atoms with Gasteiger partial charge in [0.25, 0.3) is 11.7 Å². The van der Waals surface area contributed by atoms with Gasteiger partial charge in [0.2, 0.25) is 5.91 Å². The number of anilines is 1. The van der Waals surface area contributed by atoms with Gasteiger partial charge in [-0.2, -0.15) is 0 Å². The highest BCUT2D eigenvalue weighted by Gasteiger charge is 2.33. The summed E-state index contributed by atoms with van der Waals surface area (Å²) in [5, 5.41) is 3.39. The number of hydrogen-bond donors (Lipinski definition) is 2. The summed E-state index contributed by atoms with van der Waals surface area (Å²) < 4.78 is 5.12. The molecule has 1 fully saturated rings. The molecule has 0 spiro atoms. The Morgan fingerprint density at radius 1 is 1.14 bits per heavy atom. The monoisotopic (exact) mass is 377 g/mol. The molecule has 2 N–H and O–H groups in total. The normalized spacial score (nSPS) is 16.4. The molecule has 28 heavy (non-hydrogen) atoms. The van der Waals surface area contributed by atoms with E-state index in [0.29, 0.717) is 23.2 Å². The zero-order valence-corrected chi connectivity index (χ0v) is 15.3. The smallest absolute Gasteiger partial charge is 0.292 e. The SMILES string of the molecule is COc1ccc(N2C[C@@H](NC(=O)C(=O)c3c[nH]c4ccccc34)CC2=O)cc1. The van der Waals surface area contributed by atoms with Gasteiger partial charge < -0.3 is 19.9 Å². The lowest BCUT2D eigenvalue weighted by atomic mass is 10.1. The van der Waals surface area contributed by atoms with Gasteiger partial charge in [-0.25, -0.2) is 0 Å². The number of aromatic nitrogens is 1. The molecule has 2 heterocycles. The van der Waals surface area contributed by atoms with Crippen molar-refractivity contribution in [2.24, 2.45) is 0 Å². The van der Waals surface area contributed by atoms with E-state index in [1.807, 2.05) is 18.2 Å². The van der Waals surface area contributed by atoms with Gasteiger partial charge >= 0.3 is 0 Å². The molecule has 0 saturated carbocycles. The van der Waals surface area contributed by atoms with E-state index in [1.165, 1.54) is 6.20 Å². The van der Waals surface area contributed by atoms with Gasteiger partial charge in [0, 0.05) is 35.8 Å². The highest BCUT2D eigenvalue weighted by atomic mass is 16.5. The van der Waals surface area contributed by atoms with Crippen LogP contribution in [0, 0.1) is 0 Å². The Morgan fingerprint density at radius 3 is 2.64 bits per heavy atom. The first-order valence-electron chi connectivity index (χ1n) is 8.92. The summed E-state index contributed by atoms with van der Waals surface area (Å²) in [6, 6.07) is 14.0. The van der Waals surface area contributed by atoms with Crippen molar-refractivity contribution < 1.29 is 19.1 Å². The maximum atomic E-state index is 12.6. The standard InChI is InChI=1S/C21H19N3O4/c1-28-15-8-6-14(7-9-15)24-12-13(10-19(24)25)23-21(27)20(26)17-11-22-18-5-3-2-4-16(17)18/h2-9,11,13,22H,10,12H2,1H3,(H,23,27)/t13-/m0/s1. The maximum Gasteiger partial charge on any atom is 0.292 e. The number of carbonyl (C=O) groups excluding carboxylic acids is 3. The van der Waals surface area contributed by atoms with Crippen molar-refractivity contribution in [2.75, 3.05) is 18.6 Å². The van der Waals surface area contributed by atoms with Crippen molar-refractivity contribution in [2.45, 2.75) is 12.5 Å². The second-order valence-corrected chi connectivity index (χ2v) is 6.65. The number of rotatable bonds is 5. The molecule has 3 aromatic rings. The molecule has 1 aliphatic heterocycles. The third kappa shape index (κ3) is 3.22. The minimum atomic E-state index is -0.709. The molecule has 0 unspecified atom stereocenters. The average Bonchev–Trinajstić information content (AvgIpc) is 3.31. The number of fused-ring (bicyclic) bond motifs is 1. The zero-order valence-electron chi connectivity index (χ0n) is 15.3. The molecule has 1 atom stereocenters. The summed E-state index contributed by atoms with van der Waals surface area (Å²) in [4.78, 5) is 42.0. The number of amides is 2. The van der Waals surface area contributed by atoms with E-state index in [0.717, 1.165) is 11.2 Å². The van der Waals surface area contributed by atoms with Crippen LogP contribution in [0.2, 0.25) is 0 Å². The molecular weight excluding hydrogens is 358 g/mol. The first kappa shape index (κ1) is 17.8. The maximum absolute atomic E-state index is 12.6. The summed E-state index contributed by atoms with van der Waals surface area (Å²) in [7, 11) is 1.58. The van der Waals surface area contributed by atoms with Crippen molar-refractivity contribution in [1.82, 2.24) is 10.3 Å². The molecule has 142 valence electrons. The van der Waals surface area contributed by atoms with E-state index in [4.69, 9.17) is 4.74 Å². The molecule has 0 radical (unpaired) electrons. The number of Topliss-reactive ketones (excluding diaryl/α,β-unsaturated/α-hetero) is 1. The number of benzene rings is 2. The van der Waals surface area contributed by atoms with Crippen LogP contribution in [0.15, 0.2) is 54.7 Å². The number of ketones is 1. The van der Waals surface area contributed by atoms with Crippen molar-refractivity contribution in [3.05, 3.63) is 60.3 Å². The van der Waals surface area contributed by atoms with Crippen LogP contribution in [0.4, 0.5) is 5.69 Å². The number of H-pyrrole nitrogens is 1. The van der Waals surface area contributed by atoms with Gasteiger partial charge in [-0.3, -0.25) is 14.4 Å². The molecule has 1 saturated heterocycles. The average molecular weight is 377 g/mol. The van der Waals surface area contributed by atoms with Crippen LogP contribution in [0.25, 0.3) is 10.9 Å². The number of ether oxygens (including phenoxy) is 1. The van der Waals surface area contributed by atoms with Crippen LogP contribution in [0.5, 0.6) is 5.75 Å². The minimum absolute atomic E-state index is 0.102. The van der Waals surface area contributed by atoms with Crippen LogP contribution in [-0.2, 0) is 9.59 Å². The Hall–Kier alpha value is -3.61. The highest BCUT2D eigenvalue weighted by Crippen LogP contribution is 2.24. The second-order valence-electron chi connectivity index (χ2n) is 6.65. The Bertz CT molecular complexity index is 1050. The Labute approximate surface area is 161 Å². The van der Waals surface area contributed by atoms with Crippen LogP contribution in [0.3, 0.4) is 0 Å². The number of para-hydroxylation sites is 1. The molecule has 4 rings (SSSR count). The van der Waals surface area contributed by atoms with Crippen molar-refractivity contribution in [1.29, 1.82) is 0 Å². The fourth-order valence-corrected chi connectivity index (χ4v) is 3.45. The third-order valence-corrected chi connectivity index (χ3v) is 4.88. The van der Waals surface area contributed by atoms with E-state index in [2.05, 4.69) is 10.3 Å². The van der Waals surface area contributed by atoms with E-state index in [1.54, 1.807) is 42.3 Å². The van der Waals surface area contributed by atoms with Crippen molar-refractivity contribution >= 4 is 34.2 Å². The van der Waals surface area contributed by atoms with Gasteiger partial charge in [0.05, 0.1) is 18.7 Å². The number of aromatic amines is 1. The Balaban J connectivity index is 1.45. The first-order valence-corrected chi connectivity index (χ1v) is 8.92. The molecular formula is C21H19N3O4. The van der Waals surface area contributed by atoms with Crippen molar-refractivity contribution in [3.8, 4) is 5.75 Å². The summed E-state index contributed by atoms with van der Waals surface area (Å²) in [5.74, 6) is -0.730. The molecule has 2 aromatic carbocycles. The predicted octanol–water partition coefficient (Wildman–Crippen LogP) is 2.28. The van der Waals surface area contributed by atoms with Gasteiger partial charge in [-0.15, -0.1) is 0 Å². The summed E-state index contributed by atoms with van der Waals surface area (Å²) in [5.41, 5.74) is 1.84. The van der Waals surface area contributed by atoms with Crippen LogP contribution >= 0.6 is 0 Å². The zero-order chi connectivity index (χ0) is 19.7. The van der Waals surface area contributed by atoms with E-state index in [-0.39, 0.29) is 12.3 Å². The summed E-state index contributed by atoms with van der Waals surface area (Å²) in [6.45, 7) is 0.318. The lowest BCUT2D eigenvalue weighted by Gasteiger charge is -2.17. The van der Waals surface area contributed by atoms with Gasteiger partial charge in [0.1, 0.15) is 5.75 Å². The molecule has 0 aliphatic carbocycles. The fraction of sp³-hybridized carbons (Fsp3) is 0.190. The van der Waals surface area contributed by atoms with Crippen LogP contribution in [-0.4, -0.2) is 42.3 Å². The third-order valence-electron chi connectivity index (χ3n) is 4.88.